The van der Waals surface area contributed by atoms with E-state index in [1.807, 2.05) is 31.7 Å². The quantitative estimate of drug-likeness (QED) is 0.762. The SMILES string of the molecule is CNC(C)(C)C(=O)Cc1nccn1C. The molecule has 78 valence electrons. The predicted octanol–water partition coefficient (Wildman–Crippen LogP) is 0.530. The molecule has 14 heavy (non-hydrogen) atoms. The van der Waals surface area contributed by atoms with Crippen molar-refractivity contribution in [1.82, 2.24) is 14.9 Å². The third-order valence-electron chi connectivity index (χ3n) is 2.56. The van der Waals surface area contributed by atoms with Crippen molar-refractivity contribution in [3.05, 3.63) is 18.2 Å². The number of nitrogens with one attached hydrogen (secondary N) is 1. The van der Waals surface area contributed by atoms with Crippen molar-refractivity contribution < 1.29 is 4.79 Å². The van der Waals surface area contributed by atoms with Gasteiger partial charge in [-0.2, -0.15) is 0 Å². The molecule has 0 spiro atoms. The van der Waals surface area contributed by atoms with Gasteiger partial charge in [0.05, 0.1) is 12.0 Å². The van der Waals surface area contributed by atoms with Crippen molar-refractivity contribution in [2.75, 3.05) is 7.05 Å². The van der Waals surface area contributed by atoms with E-state index in [9.17, 15) is 4.79 Å². The van der Waals surface area contributed by atoms with Crippen LogP contribution >= 0.6 is 0 Å². The Morgan fingerprint density at radius 2 is 2.29 bits per heavy atom. The van der Waals surface area contributed by atoms with Crippen molar-refractivity contribution in [3.8, 4) is 0 Å². The summed E-state index contributed by atoms with van der Waals surface area (Å²) in [6, 6.07) is 0. The molecule has 0 fully saturated rings. The Morgan fingerprint density at radius 3 is 2.71 bits per heavy atom. The first-order valence-corrected chi connectivity index (χ1v) is 4.66. The van der Waals surface area contributed by atoms with E-state index in [1.54, 1.807) is 13.2 Å². The maximum atomic E-state index is 11.8. The second-order valence-corrected chi connectivity index (χ2v) is 3.93. The van der Waals surface area contributed by atoms with Crippen LogP contribution in [0.1, 0.15) is 19.7 Å². The van der Waals surface area contributed by atoms with Crippen LogP contribution in [0.5, 0.6) is 0 Å². The monoisotopic (exact) mass is 195 g/mol. The van der Waals surface area contributed by atoms with E-state index in [0.29, 0.717) is 6.42 Å². The average molecular weight is 195 g/mol. The second kappa shape index (κ2) is 3.92. The molecule has 0 atom stereocenters. The van der Waals surface area contributed by atoms with Crippen LogP contribution in [0, 0.1) is 0 Å². The first kappa shape index (κ1) is 10.9. The highest BCUT2D eigenvalue weighted by atomic mass is 16.1. The van der Waals surface area contributed by atoms with Gasteiger partial charge < -0.3 is 9.88 Å². The summed E-state index contributed by atoms with van der Waals surface area (Å²) < 4.78 is 1.86. The normalized spacial score (nSPS) is 11.7. The number of rotatable bonds is 4. The summed E-state index contributed by atoms with van der Waals surface area (Å²) in [6.07, 6.45) is 3.92. The standard InChI is InChI=1S/C10H17N3O/c1-10(2,11-3)8(14)7-9-12-5-6-13(9)4/h5-6,11H,7H2,1-4H3. The highest BCUT2D eigenvalue weighted by Crippen LogP contribution is 2.07. The van der Waals surface area contributed by atoms with E-state index < -0.39 is 5.54 Å². The average Bonchev–Trinajstić information content (AvgIpc) is 2.52. The maximum Gasteiger partial charge on any atom is 0.159 e. The molecule has 0 radical (unpaired) electrons. The van der Waals surface area contributed by atoms with E-state index in [1.165, 1.54) is 0 Å². The number of carbonyl (C=O) groups is 1. The lowest BCUT2D eigenvalue weighted by atomic mass is 9.97. The Bertz CT molecular complexity index is 328. The number of likely N-dealkylation sites (N-methyl/N-ethyl adjacent to an activating group) is 1. The van der Waals surface area contributed by atoms with Gasteiger partial charge in [0.25, 0.3) is 0 Å². The van der Waals surface area contributed by atoms with Crippen LogP contribution in [0.2, 0.25) is 0 Å². The number of hydrogen-bond acceptors (Lipinski definition) is 3. The largest absolute Gasteiger partial charge is 0.338 e. The summed E-state index contributed by atoms with van der Waals surface area (Å²) in [5.41, 5.74) is -0.480. The van der Waals surface area contributed by atoms with Gasteiger partial charge in [-0.05, 0) is 20.9 Å². The Labute approximate surface area is 84.3 Å². The molecule has 4 nitrogen and oxygen atoms in total. The molecule has 4 heteroatoms. The van der Waals surface area contributed by atoms with Crippen LogP contribution in [0.3, 0.4) is 0 Å². The van der Waals surface area contributed by atoms with Gasteiger partial charge in [-0.1, -0.05) is 0 Å². The molecule has 0 amide bonds. The highest BCUT2D eigenvalue weighted by molar-refractivity contribution is 5.88. The number of aromatic nitrogens is 2. The lowest BCUT2D eigenvalue weighted by Crippen LogP contribution is -2.45. The van der Waals surface area contributed by atoms with Gasteiger partial charge in [0.15, 0.2) is 5.78 Å². The van der Waals surface area contributed by atoms with Crippen molar-refractivity contribution in [2.24, 2.45) is 7.05 Å². The number of Topliss-reactive ketones (excluding diaryl/α,β-unsaturated/α-hetero) is 1. The van der Waals surface area contributed by atoms with Crippen LogP contribution in [-0.4, -0.2) is 27.9 Å². The number of aryl methyl sites for hydroxylation is 1. The van der Waals surface area contributed by atoms with E-state index in [4.69, 9.17) is 0 Å². The van der Waals surface area contributed by atoms with E-state index in [2.05, 4.69) is 10.3 Å². The third-order valence-corrected chi connectivity index (χ3v) is 2.56. The minimum absolute atomic E-state index is 0.148. The number of hydrogen-bond donors (Lipinski definition) is 1. The maximum absolute atomic E-state index is 11.8. The lowest BCUT2D eigenvalue weighted by molar-refractivity contribution is -0.123. The summed E-state index contributed by atoms with van der Waals surface area (Å²) >= 11 is 0. The van der Waals surface area contributed by atoms with Gasteiger partial charge in [-0.15, -0.1) is 0 Å². The van der Waals surface area contributed by atoms with Crippen molar-refractivity contribution in [2.45, 2.75) is 25.8 Å². The van der Waals surface area contributed by atoms with Gasteiger partial charge in [-0.25, -0.2) is 4.98 Å². The van der Waals surface area contributed by atoms with Gasteiger partial charge in [0.2, 0.25) is 0 Å². The summed E-state index contributed by atoms with van der Waals surface area (Å²) in [4.78, 5) is 15.9. The molecule has 0 aliphatic carbocycles. The van der Waals surface area contributed by atoms with Crippen LogP contribution in [0.25, 0.3) is 0 Å². The minimum Gasteiger partial charge on any atom is -0.338 e. The summed E-state index contributed by atoms with van der Waals surface area (Å²) in [6.45, 7) is 3.75. The lowest BCUT2D eigenvalue weighted by Gasteiger charge is -2.21. The fraction of sp³-hybridized carbons (Fsp3) is 0.600. The predicted molar refractivity (Wildman–Crippen MR) is 55.1 cm³/mol. The smallest absolute Gasteiger partial charge is 0.159 e. The number of imidazole rings is 1. The molecular formula is C10H17N3O. The zero-order valence-corrected chi connectivity index (χ0v) is 9.16. The summed E-state index contributed by atoms with van der Waals surface area (Å²) in [5, 5.41) is 2.99. The number of ketones is 1. The fourth-order valence-electron chi connectivity index (χ4n) is 1.07. The van der Waals surface area contributed by atoms with Gasteiger partial charge in [-0.3, -0.25) is 4.79 Å². The molecule has 0 aromatic carbocycles. The van der Waals surface area contributed by atoms with Crippen molar-refractivity contribution in [3.63, 3.8) is 0 Å². The Balaban J connectivity index is 2.71. The van der Waals surface area contributed by atoms with Gasteiger partial charge in [0.1, 0.15) is 5.82 Å². The Hall–Kier alpha value is -1.16. The van der Waals surface area contributed by atoms with E-state index >= 15 is 0 Å². The molecule has 0 aliphatic heterocycles. The zero-order valence-electron chi connectivity index (χ0n) is 9.16. The molecule has 1 aromatic heterocycles. The Kier molecular flexibility index (Phi) is 3.06. The molecule has 1 aromatic rings. The summed E-state index contributed by atoms with van der Waals surface area (Å²) in [7, 11) is 3.68. The van der Waals surface area contributed by atoms with E-state index in [-0.39, 0.29) is 5.78 Å². The van der Waals surface area contributed by atoms with Crippen LogP contribution in [0.15, 0.2) is 12.4 Å². The van der Waals surface area contributed by atoms with Crippen molar-refractivity contribution in [1.29, 1.82) is 0 Å². The third kappa shape index (κ3) is 2.20. The molecule has 1 N–H and O–H groups in total. The highest BCUT2D eigenvalue weighted by Gasteiger charge is 2.25. The van der Waals surface area contributed by atoms with E-state index in [0.717, 1.165) is 5.82 Å². The number of carbonyl (C=O) groups excluding carboxylic acids is 1. The van der Waals surface area contributed by atoms with Gasteiger partial charge >= 0.3 is 0 Å². The molecule has 0 unspecified atom stereocenters. The summed E-state index contributed by atoms with van der Waals surface area (Å²) in [5.74, 6) is 0.952. The second-order valence-electron chi connectivity index (χ2n) is 3.93. The molecular weight excluding hydrogens is 178 g/mol. The number of nitrogens with zero attached hydrogens (tertiary/aromatic N) is 2. The topological polar surface area (TPSA) is 46.9 Å². The first-order chi connectivity index (χ1) is 6.47. The van der Waals surface area contributed by atoms with Crippen molar-refractivity contribution >= 4 is 5.78 Å². The zero-order chi connectivity index (χ0) is 10.8. The molecule has 0 saturated carbocycles. The molecule has 1 rings (SSSR count). The van der Waals surface area contributed by atoms with Crippen LogP contribution < -0.4 is 5.32 Å². The van der Waals surface area contributed by atoms with Gasteiger partial charge in [0, 0.05) is 19.4 Å². The van der Waals surface area contributed by atoms with Crippen LogP contribution in [-0.2, 0) is 18.3 Å². The molecule has 0 aliphatic rings. The molecule has 1 heterocycles. The molecule has 0 bridgehead atoms. The Morgan fingerprint density at radius 1 is 1.64 bits per heavy atom. The van der Waals surface area contributed by atoms with Crippen LogP contribution in [0.4, 0.5) is 0 Å². The molecule has 0 saturated heterocycles. The minimum atomic E-state index is -0.480. The first-order valence-electron chi connectivity index (χ1n) is 4.66. The fourth-order valence-corrected chi connectivity index (χ4v) is 1.07.